The molecule has 1 aromatic rings. The van der Waals surface area contributed by atoms with Gasteiger partial charge in [-0.3, -0.25) is 0 Å². The smallest absolute Gasteiger partial charge is 0.161 e. The average molecular weight is 327 g/mol. The predicted octanol–water partition coefficient (Wildman–Crippen LogP) is 2.92. The van der Waals surface area contributed by atoms with Gasteiger partial charge in [0.1, 0.15) is 10.8 Å². The molecule has 0 saturated carbocycles. The summed E-state index contributed by atoms with van der Waals surface area (Å²) in [4.78, 5) is 8.55. The number of methoxy groups -OCH3 is 1. The first-order chi connectivity index (χ1) is 6.38. The van der Waals surface area contributed by atoms with E-state index < -0.39 is 5.60 Å². The van der Waals surface area contributed by atoms with Gasteiger partial charge in [-0.2, -0.15) is 0 Å². The van der Waals surface area contributed by atoms with E-state index in [0.29, 0.717) is 11.0 Å². The molecule has 0 bridgehead atoms. The first-order valence-electron chi connectivity index (χ1n) is 4.13. The Labute approximate surface area is 102 Å². The molecule has 3 nitrogen and oxygen atoms in total. The minimum Gasteiger partial charge on any atom is -0.371 e. The molecule has 1 rings (SSSR count). The molecule has 0 radical (unpaired) electrons. The minimum absolute atomic E-state index is 0.484. The molecule has 0 atom stereocenters. The van der Waals surface area contributed by atoms with Crippen LogP contribution in [0.5, 0.6) is 0 Å². The first-order valence-corrected chi connectivity index (χ1v) is 5.59. The van der Waals surface area contributed by atoms with Crippen molar-refractivity contribution in [1.29, 1.82) is 0 Å². The van der Waals surface area contributed by atoms with Gasteiger partial charge in [-0.05, 0) is 43.4 Å². The molecule has 1 aromatic heterocycles. The van der Waals surface area contributed by atoms with E-state index in [0.717, 1.165) is 9.26 Å². The molecule has 0 fully saturated rings. The zero-order valence-corrected chi connectivity index (χ0v) is 11.5. The number of hydrogen-bond donors (Lipinski definition) is 0. The Morgan fingerprint density at radius 2 is 1.93 bits per heavy atom. The molecule has 0 aliphatic rings. The van der Waals surface area contributed by atoms with Crippen LogP contribution in [-0.2, 0) is 10.3 Å². The van der Waals surface area contributed by atoms with Crippen molar-refractivity contribution < 1.29 is 4.74 Å². The van der Waals surface area contributed by atoms with Crippen molar-refractivity contribution in [1.82, 2.24) is 9.97 Å². The highest BCUT2D eigenvalue weighted by atomic mass is 127. The van der Waals surface area contributed by atoms with Gasteiger partial charge in [0.25, 0.3) is 0 Å². The summed E-state index contributed by atoms with van der Waals surface area (Å²) in [5, 5.41) is 0.484. The zero-order valence-electron chi connectivity index (χ0n) is 8.56. The molecule has 0 amide bonds. The van der Waals surface area contributed by atoms with Crippen LogP contribution in [0, 0.1) is 10.5 Å². The summed E-state index contributed by atoms with van der Waals surface area (Å²) in [6, 6.07) is 0. The van der Waals surface area contributed by atoms with Gasteiger partial charge in [-0.25, -0.2) is 9.97 Å². The molecular weight excluding hydrogens is 314 g/mol. The van der Waals surface area contributed by atoms with Crippen molar-refractivity contribution in [2.45, 2.75) is 26.4 Å². The maximum Gasteiger partial charge on any atom is 0.161 e. The summed E-state index contributed by atoms with van der Waals surface area (Å²) < 4.78 is 6.18. The van der Waals surface area contributed by atoms with Gasteiger partial charge in [0.2, 0.25) is 0 Å². The van der Waals surface area contributed by atoms with E-state index in [1.165, 1.54) is 0 Å². The number of aryl methyl sites for hydroxylation is 1. The van der Waals surface area contributed by atoms with E-state index in [1.54, 1.807) is 7.11 Å². The normalized spacial score (nSPS) is 11.9. The van der Waals surface area contributed by atoms with Gasteiger partial charge in [0.05, 0.1) is 9.26 Å². The van der Waals surface area contributed by atoms with Crippen LogP contribution in [0.15, 0.2) is 0 Å². The molecule has 14 heavy (non-hydrogen) atoms. The second-order valence-electron chi connectivity index (χ2n) is 3.45. The maximum atomic E-state index is 5.97. The van der Waals surface area contributed by atoms with Crippen LogP contribution in [0.4, 0.5) is 0 Å². The van der Waals surface area contributed by atoms with Crippen molar-refractivity contribution in [2.75, 3.05) is 7.11 Å². The van der Waals surface area contributed by atoms with Crippen LogP contribution in [0.3, 0.4) is 0 Å². The maximum absolute atomic E-state index is 5.97. The average Bonchev–Trinajstić information content (AvgIpc) is 2.13. The summed E-state index contributed by atoms with van der Waals surface area (Å²) >= 11 is 8.10. The standard InChI is InChI=1S/C9H12ClIN2O/c1-5-6(11)7(10)13-8(12-5)9(2,3)14-4/h1-4H3. The van der Waals surface area contributed by atoms with Gasteiger partial charge < -0.3 is 4.74 Å². The Balaban J connectivity index is 3.26. The van der Waals surface area contributed by atoms with Crippen molar-refractivity contribution in [2.24, 2.45) is 0 Å². The monoisotopic (exact) mass is 326 g/mol. The fraction of sp³-hybridized carbons (Fsp3) is 0.556. The van der Waals surface area contributed by atoms with Crippen LogP contribution in [0.2, 0.25) is 5.15 Å². The molecule has 0 N–H and O–H groups in total. The number of halogens is 2. The van der Waals surface area contributed by atoms with Gasteiger partial charge in [-0.1, -0.05) is 11.6 Å². The third kappa shape index (κ3) is 2.35. The number of hydrogen-bond acceptors (Lipinski definition) is 3. The van der Waals surface area contributed by atoms with E-state index >= 15 is 0 Å². The van der Waals surface area contributed by atoms with Crippen LogP contribution in [0.1, 0.15) is 25.4 Å². The highest BCUT2D eigenvalue weighted by molar-refractivity contribution is 14.1. The fourth-order valence-corrected chi connectivity index (χ4v) is 1.34. The lowest BCUT2D eigenvalue weighted by Gasteiger charge is -2.21. The molecule has 0 aromatic carbocycles. The van der Waals surface area contributed by atoms with Gasteiger partial charge in [0, 0.05) is 7.11 Å². The van der Waals surface area contributed by atoms with Crippen LogP contribution >= 0.6 is 34.2 Å². The molecule has 0 aliphatic heterocycles. The van der Waals surface area contributed by atoms with Gasteiger partial charge >= 0.3 is 0 Å². The third-order valence-corrected chi connectivity index (χ3v) is 3.91. The lowest BCUT2D eigenvalue weighted by molar-refractivity contribution is 0.0113. The lowest BCUT2D eigenvalue weighted by Crippen LogP contribution is -2.23. The Kier molecular flexibility index (Phi) is 3.71. The highest BCUT2D eigenvalue weighted by Crippen LogP contribution is 2.25. The van der Waals surface area contributed by atoms with E-state index in [2.05, 4.69) is 32.6 Å². The Hall–Kier alpha value is 0.0600. The quantitative estimate of drug-likeness (QED) is 0.619. The van der Waals surface area contributed by atoms with Crippen LogP contribution in [0.25, 0.3) is 0 Å². The summed E-state index contributed by atoms with van der Waals surface area (Å²) in [6.07, 6.45) is 0. The summed E-state index contributed by atoms with van der Waals surface area (Å²) in [5.41, 5.74) is 0.379. The molecule has 0 spiro atoms. The first kappa shape index (κ1) is 12.1. The van der Waals surface area contributed by atoms with E-state index in [4.69, 9.17) is 16.3 Å². The van der Waals surface area contributed by atoms with Crippen molar-refractivity contribution in [3.63, 3.8) is 0 Å². The van der Waals surface area contributed by atoms with Gasteiger partial charge in [-0.15, -0.1) is 0 Å². The number of nitrogens with zero attached hydrogens (tertiary/aromatic N) is 2. The Morgan fingerprint density at radius 3 is 2.36 bits per heavy atom. The van der Waals surface area contributed by atoms with E-state index in [9.17, 15) is 0 Å². The molecular formula is C9H12ClIN2O. The highest BCUT2D eigenvalue weighted by Gasteiger charge is 2.24. The third-order valence-electron chi connectivity index (χ3n) is 2.03. The number of aromatic nitrogens is 2. The largest absolute Gasteiger partial charge is 0.371 e. The fourth-order valence-electron chi connectivity index (χ4n) is 0.885. The van der Waals surface area contributed by atoms with Crippen molar-refractivity contribution in [3.8, 4) is 0 Å². The summed E-state index contributed by atoms with van der Waals surface area (Å²) in [7, 11) is 1.63. The van der Waals surface area contributed by atoms with Crippen LogP contribution in [-0.4, -0.2) is 17.1 Å². The van der Waals surface area contributed by atoms with Gasteiger partial charge in [0.15, 0.2) is 5.82 Å². The molecule has 78 valence electrons. The predicted molar refractivity (Wildman–Crippen MR) is 64.5 cm³/mol. The molecule has 1 heterocycles. The SMILES string of the molecule is COC(C)(C)c1nc(C)c(I)c(Cl)n1. The topological polar surface area (TPSA) is 35.0 Å². The second-order valence-corrected chi connectivity index (χ2v) is 4.89. The summed E-state index contributed by atoms with van der Waals surface area (Å²) in [6.45, 7) is 5.72. The Bertz CT molecular complexity index is 332. The Morgan fingerprint density at radius 1 is 1.36 bits per heavy atom. The van der Waals surface area contributed by atoms with Crippen LogP contribution < -0.4 is 0 Å². The molecule has 0 saturated heterocycles. The molecule has 0 aliphatic carbocycles. The van der Waals surface area contributed by atoms with E-state index in [-0.39, 0.29) is 0 Å². The van der Waals surface area contributed by atoms with Crippen molar-refractivity contribution >= 4 is 34.2 Å². The zero-order chi connectivity index (χ0) is 10.9. The second kappa shape index (κ2) is 4.28. The minimum atomic E-state index is -0.501. The number of rotatable bonds is 2. The number of ether oxygens (including phenoxy) is 1. The lowest BCUT2D eigenvalue weighted by atomic mass is 10.1. The summed E-state index contributed by atoms with van der Waals surface area (Å²) in [5.74, 6) is 0.614. The van der Waals surface area contributed by atoms with E-state index in [1.807, 2.05) is 20.8 Å². The van der Waals surface area contributed by atoms with Crippen molar-refractivity contribution in [3.05, 3.63) is 20.2 Å². The molecule has 5 heteroatoms. The molecule has 0 unspecified atom stereocenters.